The van der Waals surface area contributed by atoms with E-state index in [4.69, 9.17) is 4.52 Å². The van der Waals surface area contributed by atoms with E-state index in [1.54, 1.807) is 0 Å². The summed E-state index contributed by atoms with van der Waals surface area (Å²) < 4.78 is 5.49. The van der Waals surface area contributed by atoms with Gasteiger partial charge in [-0.2, -0.15) is 0 Å². The molecule has 0 radical (unpaired) electrons. The molecule has 1 saturated carbocycles. The van der Waals surface area contributed by atoms with Crippen LogP contribution in [0.5, 0.6) is 0 Å². The fourth-order valence-corrected chi connectivity index (χ4v) is 3.59. The number of aryl methyl sites for hydroxylation is 3. The molecule has 2 heterocycles. The minimum absolute atomic E-state index is 0.117. The highest BCUT2D eigenvalue weighted by Crippen LogP contribution is 2.40. The van der Waals surface area contributed by atoms with E-state index < -0.39 is 0 Å². The predicted molar refractivity (Wildman–Crippen MR) is 106 cm³/mol. The van der Waals surface area contributed by atoms with Crippen LogP contribution in [0.2, 0.25) is 0 Å². The van der Waals surface area contributed by atoms with Crippen molar-refractivity contribution in [2.24, 2.45) is 0 Å². The summed E-state index contributed by atoms with van der Waals surface area (Å²) >= 11 is 0. The molecule has 5 heteroatoms. The number of fused-ring (bicyclic) bond motifs is 1. The van der Waals surface area contributed by atoms with Gasteiger partial charge in [0.1, 0.15) is 0 Å². The fraction of sp³-hybridized carbons (Fsp3) is 0.409. The number of nitrogens with zero attached hydrogens (tertiary/aromatic N) is 2. The van der Waals surface area contributed by atoms with Gasteiger partial charge in [0, 0.05) is 17.3 Å². The van der Waals surface area contributed by atoms with Crippen molar-refractivity contribution >= 4 is 22.7 Å². The van der Waals surface area contributed by atoms with Crippen LogP contribution < -0.4 is 5.32 Å². The average molecular weight is 363 g/mol. The van der Waals surface area contributed by atoms with Gasteiger partial charge in [0.15, 0.2) is 0 Å². The molecule has 27 heavy (non-hydrogen) atoms. The first-order valence-corrected chi connectivity index (χ1v) is 9.81. The molecule has 1 amide bonds. The summed E-state index contributed by atoms with van der Waals surface area (Å²) in [5, 5.41) is 8.09. The summed E-state index contributed by atoms with van der Waals surface area (Å²) in [6, 6.07) is 8.05. The van der Waals surface area contributed by atoms with Crippen LogP contribution in [0, 0.1) is 6.92 Å². The van der Waals surface area contributed by atoms with Gasteiger partial charge in [0.25, 0.3) is 11.6 Å². The molecule has 5 nitrogen and oxygen atoms in total. The molecule has 4 rings (SSSR count). The SMILES string of the molecule is CCCc1noc2nc(C3CC3)cc(C(=O)Nc3c(C)cccc3CC)c12. The highest BCUT2D eigenvalue weighted by Gasteiger charge is 2.29. The zero-order valence-corrected chi connectivity index (χ0v) is 16.1. The third kappa shape index (κ3) is 3.34. The second-order valence-corrected chi connectivity index (χ2v) is 7.35. The standard InChI is InChI=1S/C22H25N3O2/c1-4-7-17-19-16(12-18(15-10-11-15)23-22(19)27-25-17)21(26)24-20-13(3)8-6-9-14(20)5-2/h6,8-9,12,15H,4-5,7,10-11H2,1-3H3,(H,24,26). The number of hydrogen-bond donors (Lipinski definition) is 1. The Bertz CT molecular complexity index is 1000. The van der Waals surface area contributed by atoms with E-state index in [2.05, 4.69) is 35.4 Å². The third-order valence-electron chi connectivity index (χ3n) is 5.24. The summed E-state index contributed by atoms with van der Waals surface area (Å²) in [7, 11) is 0. The molecule has 140 valence electrons. The Labute approximate surface area is 159 Å². The van der Waals surface area contributed by atoms with E-state index in [0.29, 0.717) is 17.2 Å². The number of aromatic nitrogens is 2. The number of hydrogen-bond acceptors (Lipinski definition) is 4. The highest BCUT2D eigenvalue weighted by atomic mass is 16.5. The molecule has 1 aliphatic rings. The zero-order valence-electron chi connectivity index (χ0n) is 16.1. The van der Waals surface area contributed by atoms with Crippen LogP contribution in [-0.2, 0) is 12.8 Å². The van der Waals surface area contributed by atoms with Crippen LogP contribution in [-0.4, -0.2) is 16.0 Å². The molecule has 1 aromatic carbocycles. The summed E-state index contributed by atoms with van der Waals surface area (Å²) in [6.45, 7) is 6.21. The van der Waals surface area contributed by atoms with Gasteiger partial charge in [-0.3, -0.25) is 4.79 Å². The number of carbonyl (C=O) groups excluding carboxylic acids is 1. The first-order chi connectivity index (χ1) is 13.1. The molecule has 2 aromatic heterocycles. The minimum atomic E-state index is -0.117. The number of carbonyl (C=O) groups is 1. The Morgan fingerprint density at radius 2 is 2.11 bits per heavy atom. The second kappa shape index (κ2) is 7.14. The van der Waals surface area contributed by atoms with Gasteiger partial charge in [-0.05, 0) is 49.8 Å². The molecule has 0 aliphatic heterocycles. The van der Waals surface area contributed by atoms with Crippen LogP contribution >= 0.6 is 0 Å². The lowest BCUT2D eigenvalue weighted by atomic mass is 10.0. The van der Waals surface area contributed by atoms with Gasteiger partial charge < -0.3 is 9.84 Å². The van der Waals surface area contributed by atoms with Crippen molar-refractivity contribution in [3.63, 3.8) is 0 Å². The number of nitrogens with one attached hydrogen (secondary N) is 1. The van der Waals surface area contributed by atoms with Crippen LogP contribution in [0.15, 0.2) is 28.8 Å². The first-order valence-electron chi connectivity index (χ1n) is 9.81. The Morgan fingerprint density at radius 3 is 2.81 bits per heavy atom. The average Bonchev–Trinajstić information content (AvgIpc) is 3.45. The van der Waals surface area contributed by atoms with E-state index in [0.717, 1.165) is 65.7 Å². The molecule has 0 atom stereocenters. The minimum Gasteiger partial charge on any atom is -0.336 e. The fourth-order valence-electron chi connectivity index (χ4n) is 3.59. The number of anilines is 1. The zero-order chi connectivity index (χ0) is 19.0. The number of para-hydroxylation sites is 1. The van der Waals surface area contributed by atoms with Crippen molar-refractivity contribution in [1.29, 1.82) is 0 Å². The largest absolute Gasteiger partial charge is 0.336 e. The summed E-state index contributed by atoms with van der Waals surface area (Å²) in [5.74, 6) is 0.319. The molecule has 0 unspecified atom stereocenters. The van der Waals surface area contributed by atoms with Gasteiger partial charge in [-0.15, -0.1) is 0 Å². The number of rotatable bonds is 6. The van der Waals surface area contributed by atoms with Crippen LogP contribution in [0.1, 0.15) is 71.9 Å². The lowest BCUT2D eigenvalue weighted by molar-refractivity contribution is 0.102. The van der Waals surface area contributed by atoms with Crippen molar-refractivity contribution in [3.05, 3.63) is 52.3 Å². The van der Waals surface area contributed by atoms with E-state index in [9.17, 15) is 4.79 Å². The lowest BCUT2D eigenvalue weighted by Gasteiger charge is -2.14. The van der Waals surface area contributed by atoms with Gasteiger partial charge in [-0.25, -0.2) is 4.98 Å². The quantitative estimate of drug-likeness (QED) is 0.655. The lowest BCUT2D eigenvalue weighted by Crippen LogP contribution is -2.16. The van der Waals surface area contributed by atoms with Crippen molar-refractivity contribution in [1.82, 2.24) is 10.1 Å². The Balaban J connectivity index is 1.79. The molecule has 3 aromatic rings. The van der Waals surface area contributed by atoms with Gasteiger partial charge >= 0.3 is 0 Å². The van der Waals surface area contributed by atoms with Crippen LogP contribution in [0.25, 0.3) is 11.1 Å². The molecule has 1 N–H and O–H groups in total. The van der Waals surface area contributed by atoms with Crippen LogP contribution in [0.3, 0.4) is 0 Å². The van der Waals surface area contributed by atoms with Crippen molar-refractivity contribution in [2.75, 3.05) is 5.32 Å². The molecular formula is C22H25N3O2. The van der Waals surface area contributed by atoms with Crippen LogP contribution in [0.4, 0.5) is 5.69 Å². The number of amides is 1. The summed E-state index contributed by atoms with van der Waals surface area (Å²) in [4.78, 5) is 17.9. The maximum Gasteiger partial charge on any atom is 0.259 e. The van der Waals surface area contributed by atoms with Crippen molar-refractivity contribution < 1.29 is 9.32 Å². The normalized spacial score (nSPS) is 13.9. The third-order valence-corrected chi connectivity index (χ3v) is 5.24. The van der Waals surface area contributed by atoms with E-state index >= 15 is 0 Å². The van der Waals surface area contributed by atoms with Gasteiger partial charge in [-0.1, -0.05) is 43.6 Å². The maximum absolute atomic E-state index is 13.3. The predicted octanol–water partition coefficient (Wildman–Crippen LogP) is 5.18. The molecule has 1 aliphatic carbocycles. The Kier molecular flexibility index (Phi) is 4.68. The Hall–Kier alpha value is -2.69. The summed E-state index contributed by atoms with van der Waals surface area (Å²) in [6.07, 6.45) is 4.80. The molecule has 0 bridgehead atoms. The van der Waals surface area contributed by atoms with E-state index in [-0.39, 0.29) is 5.91 Å². The molecule has 1 fully saturated rings. The second-order valence-electron chi connectivity index (χ2n) is 7.35. The highest BCUT2D eigenvalue weighted by molar-refractivity contribution is 6.12. The first kappa shape index (κ1) is 17.7. The number of benzene rings is 1. The van der Waals surface area contributed by atoms with Crippen molar-refractivity contribution in [2.45, 2.75) is 58.8 Å². The van der Waals surface area contributed by atoms with Gasteiger partial charge in [0.05, 0.1) is 16.6 Å². The topological polar surface area (TPSA) is 68.0 Å². The van der Waals surface area contributed by atoms with E-state index in [1.807, 2.05) is 25.1 Å². The Morgan fingerprint density at radius 1 is 1.30 bits per heavy atom. The molecule has 0 saturated heterocycles. The molecular weight excluding hydrogens is 338 g/mol. The smallest absolute Gasteiger partial charge is 0.259 e. The van der Waals surface area contributed by atoms with E-state index in [1.165, 1.54) is 0 Å². The monoisotopic (exact) mass is 363 g/mol. The number of pyridine rings is 1. The molecule has 0 spiro atoms. The van der Waals surface area contributed by atoms with Crippen molar-refractivity contribution in [3.8, 4) is 0 Å². The maximum atomic E-state index is 13.3. The summed E-state index contributed by atoms with van der Waals surface area (Å²) in [5.41, 5.74) is 5.95. The van der Waals surface area contributed by atoms with Gasteiger partial charge in [0.2, 0.25) is 0 Å².